The van der Waals surface area contributed by atoms with E-state index in [9.17, 15) is 13.2 Å². The molecule has 0 bridgehead atoms. The first kappa shape index (κ1) is 20.2. The molecule has 0 saturated heterocycles. The van der Waals surface area contributed by atoms with E-state index in [4.69, 9.17) is 5.73 Å². The maximum atomic E-state index is 13.2. The molecular weight excluding hydrogens is 374 g/mol. The molecule has 26 heavy (non-hydrogen) atoms. The van der Waals surface area contributed by atoms with Crippen molar-refractivity contribution >= 4 is 34.0 Å². The number of sulfonamides is 1. The number of amides is 1. The number of hydrogen-bond acceptors (Lipinski definition) is 4. The summed E-state index contributed by atoms with van der Waals surface area (Å²) in [6.45, 7) is 2.55. The van der Waals surface area contributed by atoms with Crippen molar-refractivity contribution in [2.45, 2.75) is 24.3 Å². The van der Waals surface area contributed by atoms with Crippen molar-refractivity contribution in [1.82, 2.24) is 5.32 Å². The van der Waals surface area contributed by atoms with Crippen LogP contribution in [0.4, 0.5) is 5.69 Å². The van der Waals surface area contributed by atoms with Crippen LogP contribution in [0.3, 0.4) is 0 Å². The van der Waals surface area contributed by atoms with Crippen molar-refractivity contribution in [1.29, 1.82) is 0 Å². The van der Waals surface area contributed by atoms with Crippen LogP contribution in [0.5, 0.6) is 0 Å². The second-order valence-corrected chi connectivity index (χ2v) is 7.87. The molecule has 140 valence electrons. The number of anilines is 1. The number of carbonyl (C=O) groups is 1. The molecule has 2 aromatic rings. The van der Waals surface area contributed by atoms with Gasteiger partial charge in [0.05, 0.1) is 10.6 Å². The van der Waals surface area contributed by atoms with E-state index in [0.29, 0.717) is 30.8 Å². The number of halogens is 1. The first-order valence-electron chi connectivity index (χ1n) is 8.16. The molecule has 1 aliphatic heterocycles. The fourth-order valence-corrected chi connectivity index (χ4v) is 4.84. The topological polar surface area (TPSA) is 92.5 Å². The van der Waals surface area contributed by atoms with Gasteiger partial charge in [0, 0.05) is 24.7 Å². The highest BCUT2D eigenvalue weighted by Gasteiger charge is 2.35. The summed E-state index contributed by atoms with van der Waals surface area (Å²) in [7, 11) is -3.75. The Kier molecular flexibility index (Phi) is 6.28. The number of benzene rings is 2. The van der Waals surface area contributed by atoms with E-state index in [0.717, 1.165) is 5.56 Å². The Balaban J connectivity index is 0.00000243. The third-order valence-electron chi connectivity index (χ3n) is 4.23. The molecule has 0 saturated carbocycles. The smallest absolute Gasteiger partial charge is 0.264 e. The van der Waals surface area contributed by atoms with Crippen LogP contribution in [0.25, 0.3) is 0 Å². The van der Waals surface area contributed by atoms with Gasteiger partial charge < -0.3 is 11.1 Å². The number of fused-ring (bicyclic) bond motifs is 1. The summed E-state index contributed by atoms with van der Waals surface area (Å²) in [5.74, 6) is -0.336. The second-order valence-electron chi connectivity index (χ2n) is 6.06. The number of carbonyl (C=O) groups excluding carboxylic acids is 1. The molecule has 0 aromatic heterocycles. The van der Waals surface area contributed by atoms with Crippen LogP contribution in [0.15, 0.2) is 53.4 Å². The summed E-state index contributed by atoms with van der Waals surface area (Å²) in [5, 5.41) is 2.65. The zero-order valence-electron chi connectivity index (χ0n) is 14.4. The monoisotopic (exact) mass is 395 g/mol. The molecule has 3 rings (SSSR count). The van der Waals surface area contributed by atoms with Gasteiger partial charge in [-0.05, 0) is 43.2 Å². The molecule has 1 aliphatic rings. The minimum absolute atomic E-state index is 0. The normalized spacial score (nSPS) is 15.9. The largest absolute Gasteiger partial charge is 0.351 e. The number of nitrogens with zero attached hydrogens (tertiary/aromatic N) is 1. The minimum atomic E-state index is -3.75. The Morgan fingerprint density at radius 1 is 1.23 bits per heavy atom. The highest BCUT2D eigenvalue weighted by Crippen LogP contribution is 2.36. The van der Waals surface area contributed by atoms with Crippen LogP contribution >= 0.6 is 12.4 Å². The molecule has 2 aromatic carbocycles. The van der Waals surface area contributed by atoms with Gasteiger partial charge in [-0.1, -0.05) is 24.3 Å². The SMILES string of the molecule is CC1Cc2ccccc2N1S(=O)(=O)c1cccc(C(=O)NCCN)c1.Cl. The van der Waals surface area contributed by atoms with E-state index in [1.807, 2.05) is 31.2 Å². The highest BCUT2D eigenvalue weighted by molar-refractivity contribution is 7.92. The second kappa shape index (κ2) is 8.07. The minimum Gasteiger partial charge on any atom is -0.351 e. The Bertz CT molecular complexity index is 902. The summed E-state index contributed by atoms with van der Waals surface area (Å²) >= 11 is 0. The summed E-state index contributed by atoms with van der Waals surface area (Å²) in [6.07, 6.45) is 0.673. The fraction of sp³-hybridized carbons (Fsp3) is 0.278. The van der Waals surface area contributed by atoms with Crippen LogP contribution in [0, 0.1) is 0 Å². The summed E-state index contributed by atoms with van der Waals surface area (Å²) in [4.78, 5) is 12.2. The molecule has 1 amide bonds. The maximum absolute atomic E-state index is 13.2. The first-order chi connectivity index (χ1) is 11.9. The van der Waals surface area contributed by atoms with Gasteiger partial charge in [-0.2, -0.15) is 0 Å². The standard InChI is InChI=1S/C18H21N3O3S.ClH/c1-13-11-14-5-2-3-8-17(14)21(13)25(23,24)16-7-4-6-15(12-16)18(22)20-10-9-19;/h2-8,12-13H,9-11,19H2,1H3,(H,20,22);1H. The molecule has 0 spiro atoms. The molecule has 3 N–H and O–H groups in total. The summed E-state index contributed by atoms with van der Waals surface area (Å²) < 4.78 is 27.8. The van der Waals surface area contributed by atoms with E-state index in [2.05, 4.69) is 5.32 Å². The summed E-state index contributed by atoms with van der Waals surface area (Å²) in [6, 6.07) is 13.4. The maximum Gasteiger partial charge on any atom is 0.264 e. The number of nitrogens with two attached hydrogens (primary N) is 1. The molecular formula is C18H22ClN3O3S. The van der Waals surface area contributed by atoms with Crippen LogP contribution in [0.1, 0.15) is 22.8 Å². The molecule has 1 atom stereocenters. The first-order valence-corrected chi connectivity index (χ1v) is 9.60. The van der Waals surface area contributed by atoms with Gasteiger partial charge in [0.25, 0.3) is 15.9 Å². The van der Waals surface area contributed by atoms with E-state index in [1.165, 1.54) is 16.4 Å². The number of para-hydroxylation sites is 1. The van der Waals surface area contributed by atoms with Gasteiger partial charge in [0.2, 0.25) is 0 Å². The van der Waals surface area contributed by atoms with Crippen molar-refractivity contribution in [2.24, 2.45) is 5.73 Å². The average Bonchev–Trinajstić information content (AvgIpc) is 2.96. The predicted octanol–water partition coefficient (Wildman–Crippen LogP) is 1.94. The highest BCUT2D eigenvalue weighted by atomic mass is 35.5. The van der Waals surface area contributed by atoms with Crippen LogP contribution < -0.4 is 15.4 Å². The lowest BCUT2D eigenvalue weighted by atomic mass is 10.1. The summed E-state index contributed by atoms with van der Waals surface area (Å²) in [5.41, 5.74) is 7.39. The van der Waals surface area contributed by atoms with Crippen LogP contribution in [-0.2, 0) is 16.4 Å². The fourth-order valence-electron chi connectivity index (χ4n) is 3.10. The van der Waals surface area contributed by atoms with Crippen LogP contribution in [-0.4, -0.2) is 33.5 Å². The van der Waals surface area contributed by atoms with Crippen molar-refractivity contribution in [3.05, 3.63) is 59.7 Å². The molecule has 0 fully saturated rings. The van der Waals surface area contributed by atoms with Crippen molar-refractivity contribution in [3.63, 3.8) is 0 Å². The Labute approximate surface area is 159 Å². The van der Waals surface area contributed by atoms with Crippen LogP contribution in [0.2, 0.25) is 0 Å². The zero-order chi connectivity index (χ0) is 18.0. The van der Waals surface area contributed by atoms with E-state index in [1.54, 1.807) is 12.1 Å². The Morgan fingerprint density at radius 3 is 2.69 bits per heavy atom. The van der Waals surface area contributed by atoms with Crippen molar-refractivity contribution < 1.29 is 13.2 Å². The molecule has 6 nitrogen and oxygen atoms in total. The lowest BCUT2D eigenvalue weighted by Gasteiger charge is -2.24. The van der Waals surface area contributed by atoms with Gasteiger partial charge >= 0.3 is 0 Å². The third kappa shape index (κ3) is 3.70. The molecule has 1 heterocycles. The molecule has 1 unspecified atom stereocenters. The third-order valence-corrected chi connectivity index (χ3v) is 6.15. The van der Waals surface area contributed by atoms with E-state index < -0.39 is 10.0 Å². The van der Waals surface area contributed by atoms with Gasteiger partial charge in [0.1, 0.15) is 0 Å². The van der Waals surface area contributed by atoms with Gasteiger partial charge in [-0.15, -0.1) is 12.4 Å². The predicted molar refractivity (Wildman–Crippen MR) is 104 cm³/mol. The molecule has 8 heteroatoms. The van der Waals surface area contributed by atoms with Crippen molar-refractivity contribution in [2.75, 3.05) is 17.4 Å². The number of hydrogen-bond donors (Lipinski definition) is 2. The van der Waals surface area contributed by atoms with Gasteiger partial charge in [0.15, 0.2) is 0 Å². The van der Waals surface area contributed by atoms with E-state index in [-0.39, 0.29) is 29.3 Å². The molecule has 0 aliphatic carbocycles. The number of nitrogens with one attached hydrogen (secondary N) is 1. The van der Waals surface area contributed by atoms with Crippen molar-refractivity contribution in [3.8, 4) is 0 Å². The zero-order valence-corrected chi connectivity index (χ0v) is 16.0. The van der Waals surface area contributed by atoms with Gasteiger partial charge in [-0.25, -0.2) is 8.42 Å². The quantitative estimate of drug-likeness (QED) is 0.809. The lowest BCUT2D eigenvalue weighted by Crippen LogP contribution is -2.36. The van der Waals surface area contributed by atoms with Gasteiger partial charge in [-0.3, -0.25) is 9.10 Å². The Hall–Kier alpha value is -2.09. The molecule has 0 radical (unpaired) electrons. The number of rotatable bonds is 5. The Morgan fingerprint density at radius 2 is 1.96 bits per heavy atom. The lowest BCUT2D eigenvalue weighted by molar-refractivity contribution is 0.0954. The van der Waals surface area contributed by atoms with E-state index >= 15 is 0 Å². The average molecular weight is 396 g/mol.